The molecule has 0 spiro atoms. The van der Waals surface area contributed by atoms with Crippen molar-refractivity contribution >= 4 is 5.91 Å². The highest BCUT2D eigenvalue weighted by molar-refractivity contribution is 5.94. The smallest absolute Gasteiger partial charge is 0.251 e. The van der Waals surface area contributed by atoms with Gasteiger partial charge in [-0.3, -0.25) is 9.69 Å². The van der Waals surface area contributed by atoms with Crippen LogP contribution >= 0.6 is 0 Å². The van der Waals surface area contributed by atoms with E-state index >= 15 is 0 Å². The minimum absolute atomic E-state index is 0.0389. The van der Waals surface area contributed by atoms with Gasteiger partial charge in [0, 0.05) is 18.7 Å². The standard InChI is InChI=1S/C19H28N2O3/c22-19(20-13-18-15-23-10-11-24-18)17-7-5-6-16(12-17)14-21-8-3-1-2-4-9-21/h5-7,12,18H,1-4,8-11,13-15H2,(H,20,22)/t18-/m1/s1. The molecular weight excluding hydrogens is 304 g/mol. The average molecular weight is 332 g/mol. The molecule has 5 nitrogen and oxygen atoms in total. The monoisotopic (exact) mass is 332 g/mol. The van der Waals surface area contributed by atoms with Gasteiger partial charge in [0.05, 0.1) is 25.9 Å². The van der Waals surface area contributed by atoms with E-state index in [0.29, 0.717) is 26.4 Å². The Bertz CT molecular complexity index is 521. The molecule has 2 aliphatic heterocycles. The highest BCUT2D eigenvalue weighted by Gasteiger charge is 2.16. The van der Waals surface area contributed by atoms with Gasteiger partial charge in [-0.05, 0) is 43.6 Å². The lowest BCUT2D eigenvalue weighted by Gasteiger charge is -2.23. The summed E-state index contributed by atoms with van der Waals surface area (Å²) >= 11 is 0. The zero-order valence-corrected chi connectivity index (χ0v) is 14.3. The fraction of sp³-hybridized carbons (Fsp3) is 0.632. The quantitative estimate of drug-likeness (QED) is 0.898. The van der Waals surface area contributed by atoms with Crippen molar-refractivity contribution in [1.29, 1.82) is 0 Å². The van der Waals surface area contributed by atoms with Gasteiger partial charge < -0.3 is 14.8 Å². The number of benzene rings is 1. The van der Waals surface area contributed by atoms with Crippen molar-refractivity contribution in [3.05, 3.63) is 35.4 Å². The fourth-order valence-electron chi connectivity index (χ4n) is 3.33. The van der Waals surface area contributed by atoms with Crippen LogP contribution < -0.4 is 5.32 Å². The summed E-state index contributed by atoms with van der Waals surface area (Å²) in [6.07, 6.45) is 5.20. The summed E-state index contributed by atoms with van der Waals surface area (Å²) in [6, 6.07) is 7.97. The molecule has 0 aliphatic carbocycles. The normalized spacial score (nSPS) is 22.8. The molecule has 0 bridgehead atoms. The molecule has 2 fully saturated rings. The second-order valence-corrected chi connectivity index (χ2v) is 6.67. The molecule has 0 unspecified atom stereocenters. The molecule has 1 atom stereocenters. The number of rotatable bonds is 5. The maximum absolute atomic E-state index is 12.4. The van der Waals surface area contributed by atoms with Crippen molar-refractivity contribution in [3.63, 3.8) is 0 Å². The van der Waals surface area contributed by atoms with Crippen molar-refractivity contribution in [3.8, 4) is 0 Å². The number of carbonyl (C=O) groups is 1. The predicted molar refractivity (Wildman–Crippen MR) is 93.1 cm³/mol. The molecule has 1 N–H and O–H groups in total. The topological polar surface area (TPSA) is 50.8 Å². The lowest BCUT2D eigenvalue weighted by atomic mass is 10.1. The maximum atomic E-state index is 12.4. The van der Waals surface area contributed by atoms with Gasteiger partial charge in [0.25, 0.3) is 5.91 Å². The number of ether oxygens (including phenoxy) is 2. The van der Waals surface area contributed by atoms with Crippen LogP contribution in [0, 0.1) is 0 Å². The summed E-state index contributed by atoms with van der Waals surface area (Å²) in [5.41, 5.74) is 1.93. The van der Waals surface area contributed by atoms with Crippen molar-refractivity contribution < 1.29 is 14.3 Å². The molecule has 24 heavy (non-hydrogen) atoms. The molecule has 2 saturated heterocycles. The van der Waals surface area contributed by atoms with Crippen molar-refractivity contribution in [2.45, 2.75) is 38.3 Å². The Labute approximate surface area is 144 Å². The Morgan fingerprint density at radius 2 is 2.00 bits per heavy atom. The highest BCUT2D eigenvalue weighted by Crippen LogP contribution is 2.14. The van der Waals surface area contributed by atoms with Crippen molar-refractivity contribution in [2.24, 2.45) is 0 Å². The van der Waals surface area contributed by atoms with Crippen LogP contribution in [0.15, 0.2) is 24.3 Å². The van der Waals surface area contributed by atoms with E-state index in [4.69, 9.17) is 9.47 Å². The minimum Gasteiger partial charge on any atom is -0.376 e. The van der Waals surface area contributed by atoms with Crippen LogP contribution in [-0.2, 0) is 16.0 Å². The average Bonchev–Trinajstić information content (AvgIpc) is 2.89. The van der Waals surface area contributed by atoms with Crippen molar-refractivity contribution in [1.82, 2.24) is 10.2 Å². The van der Waals surface area contributed by atoms with E-state index in [9.17, 15) is 4.79 Å². The molecule has 0 aromatic heterocycles. The van der Waals surface area contributed by atoms with Crippen LogP contribution in [0.25, 0.3) is 0 Å². The number of amides is 1. The Kier molecular flexibility index (Phi) is 6.64. The third-order valence-electron chi connectivity index (χ3n) is 4.67. The zero-order chi connectivity index (χ0) is 16.6. The molecule has 1 amide bonds. The third-order valence-corrected chi connectivity index (χ3v) is 4.67. The second kappa shape index (κ2) is 9.16. The van der Waals surface area contributed by atoms with Gasteiger partial charge in [-0.2, -0.15) is 0 Å². The van der Waals surface area contributed by atoms with E-state index in [1.54, 1.807) is 0 Å². The Morgan fingerprint density at radius 3 is 2.75 bits per heavy atom. The largest absolute Gasteiger partial charge is 0.376 e. The molecule has 0 saturated carbocycles. The number of hydrogen-bond acceptors (Lipinski definition) is 4. The predicted octanol–water partition coefficient (Wildman–Crippen LogP) is 2.21. The van der Waals surface area contributed by atoms with E-state index in [1.807, 2.05) is 18.2 Å². The highest BCUT2D eigenvalue weighted by atomic mass is 16.6. The van der Waals surface area contributed by atoms with Gasteiger partial charge in [0.2, 0.25) is 0 Å². The molecule has 3 rings (SSSR count). The molecule has 2 heterocycles. The van der Waals surface area contributed by atoms with Gasteiger partial charge >= 0.3 is 0 Å². The first-order valence-corrected chi connectivity index (χ1v) is 9.10. The summed E-state index contributed by atoms with van der Waals surface area (Å²) < 4.78 is 10.9. The van der Waals surface area contributed by atoms with Crippen LogP contribution in [0.2, 0.25) is 0 Å². The summed E-state index contributed by atoms with van der Waals surface area (Å²) in [6.45, 7) is 5.55. The maximum Gasteiger partial charge on any atom is 0.251 e. The summed E-state index contributed by atoms with van der Waals surface area (Å²) in [5, 5.41) is 2.95. The molecule has 2 aliphatic rings. The Balaban J connectivity index is 1.52. The second-order valence-electron chi connectivity index (χ2n) is 6.67. The number of carbonyl (C=O) groups excluding carboxylic acids is 1. The lowest BCUT2D eigenvalue weighted by molar-refractivity contribution is -0.0855. The Hall–Kier alpha value is -1.43. The SMILES string of the molecule is O=C(NC[C@@H]1COCCO1)c1cccc(CN2CCCCCC2)c1. The Morgan fingerprint density at radius 1 is 1.17 bits per heavy atom. The molecular formula is C19H28N2O3. The fourth-order valence-corrected chi connectivity index (χ4v) is 3.33. The van der Waals surface area contributed by atoms with Crippen LogP contribution in [-0.4, -0.2) is 56.4 Å². The van der Waals surface area contributed by atoms with Gasteiger partial charge in [-0.15, -0.1) is 0 Å². The van der Waals surface area contributed by atoms with Crippen LogP contribution in [0.3, 0.4) is 0 Å². The van der Waals surface area contributed by atoms with Crippen LogP contribution in [0.1, 0.15) is 41.6 Å². The van der Waals surface area contributed by atoms with Gasteiger partial charge in [0.1, 0.15) is 0 Å². The van der Waals surface area contributed by atoms with Gasteiger partial charge in [-0.25, -0.2) is 0 Å². The van der Waals surface area contributed by atoms with E-state index in [1.165, 1.54) is 31.2 Å². The first-order chi connectivity index (χ1) is 11.8. The first-order valence-electron chi connectivity index (χ1n) is 9.10. The molecule has 1 aromatic rings. The van der Waals surface area contributed by atoms with E-state index in [2.05, 4.69) is 16.3 Å². The van der Waals surface area contributed by atoms with E-state index < -0.39 is 0 Å². The summed E-state index contributed by atoms with van der Waals surface area (Å²) in [7, 11) is 0. The van der Waals surface area contributed by atoms with Crippen LogP contribution in [0.4, 0.5) is 0 Å². The molecule has 132 valence electrons. The number of hydrogen-bond donors (Lipinski definition) is 1. The number of nitrogens with zero attached hydrogens (tertiary/aromatic N) is 1. The van der Waals surface area contributed by atoms with E-state index in [-0.39, 0.29) is 12.0 Å². The third kappa shape index (κ3) is 5.30. The van der Waals surface area contributed by atoms with Crippen LogP contribution in [0.5, 0.6) is 0 Å². The zero-order valence-electron chi connectivity index (χ0n) is 14.3. The first kappa shape index (κ1) is 17.4. The van der Waals surface area contributed by atoms with Crippen molar-refractivity contribution in [2.75, 3.05) is 39.5 Å². The minimum atomic E-state index is -0.0399. The van der Waals surface area contributed by atoms with Gasteiger partial charge in [-0.1, -0.05) is 25.0 Å². The molecule has 0 radical (unpaired) electrons. The summed E-state index contributed by atoms with van der Waals surface area (Å²) in [5.74, 6) is -0.0399. The lowest BCUT2D eigenvalue weighted by Crippen LogP contribution is -2.39. The van der Waals surface area contributed by atoms with E-state index in [0.717, 1.165) is 25.2 Å². The van der Waals surface area contributed by atoms with Gasteiger partial charge in [0.15, 0.2) is 0 Å². The molecule has 1 aromatic carbocycles. The molecule has 5 heteroatoms. The summed E-state index contributed by atoms with van der Waals surface area (Å²) in [4.78, 5) is 14.9. The number of likely N-dealkylation sites (tertiary alicyclic amines) is 1. The number of nitrogens with one attached hydrogen (secondary N) is 1.